The van der Waals surface area contributed by atoms with Crippen LogP contribution in [0.5, 0.6) is 0 Å². The van der Waals surface area contributed by atoms with Crippen LogP contribution in [0.4, 0.5) is 0 Å². The Morgan fingerprint density at radius 1 is 1.06 bits per heavy atom. The van der Waals surface area contributed by atoms with Crippen molar-refractivity contribution in [1.29, 1.82) is 0 Å². The van der Waals surface area contributed by atoms with Crippen LogP contribution in [-0.4, -0.2) is 16.2 Å². The van der Waals surface area contributed by atoms with Crippen LogP contribution in [0.15, 0.2) is 35.5 Å². The first-order valence-electron chi connectivity index (χ1n) is 5.16. The minimum atomic E-state index is 0.832. The maximum Gasteiger partial charge on any atom is 0.188 e. The van der Waals surface area contributed by atoms with Crippen LogP contribution in [0.2, 0.25) is 0 Å². The van der Waals surface area contributed by atoms with Crippen molar-refractivity contribution >= 4 is 11.8 Å². The molecule has 0 spiro atoms. The van der Waals surface area contributed by atoms with Gasteiger partial charge in [0.05, 0.1) is 5.69 Å². The van der Waals surface area contributed by atoms with E-state index in [4.69, 9.17) is 0 Å². The van der Waals surface area contributed by atoms with Crippen LogP contribution in [-0.2, 0) is 0 Å². The summed E-state index contributed by atoms with van der Waals surface area (Å²) < 4.78 is 0. The SMILES string of the molecule is CSc1nc(C)cc(-c2ccccc2C)n1. The van der Waals surface area contributed by atoms with Crippen molar-refractivity contribution in [2.75, 3.05) is 6.26 Å². The minimum Gasteiger partial charge on any atom is -0.228 e. The zero-order valence-corrected chi connectivity index (χ0v) is 10.5. The zero-order chi connectivity index (χ0) is 11.5. The lowest BCUT2D eigenvalue weighted by atomic mass is 10.1. The maximum atomic E-state index is 4.54. The molecule has 2 aromatic rings. The highest BCUT2D eigenvalue weighted by molar-refractivity contribution is 7.98. The number of aryl methyl sites for hydroxylation is 2. The molecule has 1 aromatic carbocycles. The second-order valence-electron chi connectivity index (χ2n) is 3.70. The van der Waals surface area contributed by atoms with E-state index in [2.05, 4.69) is 29.0 Å². The molecular formula is C13H14N2S. The zero-order valence-electron chi connectivity index (χ0n) is 9.69. The smallest absolute Gasteiger partial charge is 0.188 e. The van der Waals surface area contributed by atoms with E-state index in [1.54, 1.807) is 11.8 Å². The fourth-order valence-electron chi connectivity index (χ4n) is 1.63. The van der Waals surface area contributed by atoms with E-state index in [1.165, 1.54) is 11.1 Å². The van der Waals surface area contributed by atoms with Crippen LogP contribution in [0.3, 0.4) is 0 Å². The normalized spacial score (nSPS) is 10.4. The highest BCUT2D eigenvalue weighted by Crippen LogP contribution is 2.23. The highest BCUT2D eigenvalue weighted by atomic mass is 32.2. The molecule has 82 valence electrons. The highest BCUT2D eigenvalue weighted by Gasteiger charge is 2.05. The summed E-state index contributed by atoms with van der Waals surface area (Å²) in [4.78, 5) is 8.89. The number of hydrogen-bond acceptors (Lipinski definition) is 3. The first-order chi connectivity index (χ1) is 7.70. The standard InChI is InChI=1S/C13H14N2S/c1-9-6-4-5-7-11(9)12-8-10(2)14-13(15-12)16-3/h4-8H,1-3H3. The van der Waals surface area contributed by atoms with Crippen molar-refractivity contribution in [3.05, 3.63) is 41.6 Å². The predicted molar refractivity (Wildman–Crippen MR) is 68.7 cm³/mol. The van der Waals surface area contributed by atoms with Crippen LogP contribution in [0.1, 0.15) is 11.3 Å². The maximum absolute atomic E-state index is 4.54. The number of rotatable bonds is 2. The van der Waals surface area contributed by atoms with Crippen molar-refractivity contribution in [3.8, 4) is 11.3 Å². The third-order valence-electron chi connectivity index (χ3n) is 2.44. The topological polar surface area (TPSA) is 25.8 Å². The van der Waals surface area contributed by atoms with Gasteiger partial charge in [-0.1, -0.05) is 36.0 Å². The number of thioether (sulfide) groups is 1. The molecule has 0 unspecified atom stereocenters. The van der Waals surface area contributed by atoms with Gasteiger partial charge < -0.3 is 0 Å². The lowest BCUT2D eigenvalue weighted by molar-refractivity contribution is 0.940. The number of benzene rings is 1. The average molecular weight is 230 g/mol. The Labute approximate surface area is 100 Å². The van der Waals surface area contributed by atoms with Crippen molar-refractivity contribution in [1.82, 2.24) is 9.97 Å². The Morgan fingerprint density at radius 3 is 2.50 bits per heavy atom. The van der Waals surface area contributed by atoms with E-state index in [0.29, 0.717) is 0 Å². The van der Waals surface area contributed by atoms with Gasteiger partial charge in [-0.15, -0.1) is 0 Å². The van der Waals surface area contributed by atoms with Gasteiger partial charge in [-0.25, -0.2) is 9.97 Å². The third kappa shape index (κ3) is 2.25. The molecule has 0 saturated heterocycles. The molecule has 16 heavy (non-hydrogen) atoms. The van der Waals surface area contributed by atoms with Gasteiger partial charge in [0.2, 0.25) is 0 Å². The Kier molecular flexibility index (Phi) is 3.25. The molecule has 0 amide bonds. The molecule has 0 radical (unpaired) electrons. The molecular weight excluding hydrogens is 216 g/mol. The minimum absolute atomic E-state index is 0.832. The van der Waals surface area contributed by atoms with Crippen molar-refractivity contribution < 1.29 is 0 Å². The molecule has 1 heterocycles. The van der Waals surface area contributed by atoms with Crippen LogP contribution in [0.25, 0.3) is 11.3 Å². The van der Waals surface area contributed by atoms with E-state index in [0.717, 1.165) is 16.5 Å². The van der Waals surface area contributed by atoms with Crippen LogP contribution < -0.4 is 0 Å². The summed E-state index contributed by atoms with van der Waals surface area (Å²) in [7, 11) is 0. The molecule has 3 heteroatoms. The monoisotopic (exact) mass is 230 g/mol. The number of hydrogen-bond donors (Lipinski definition) is 0. The van der Waals surface area contributed by atoms with Gasteiger partial charge in [-0.2, -0.15) is 0 Å². The third-order valence-corrected chi connectivity index (χ3v) is 2.99. The molecule has 0 aliphatic heterocycles. The molecule has 0 fully saturated rings. The number of aromatic nitrogens is 2. The van der Waals surface area contributed by atoms with E-state index in [9.17, 15) is 0 Å². The molecule has 0 aliphatic rings. The van der Waals surface area contributed by atoms with Crippen LogP contribution >= 0.6 is 11.8 Å². The molecule has 2 rings (SSSR count). The Morgan fingerprint density at radius 2 is 1.81 bits per heavy atom. The summed E-state index contributed by atoms with van der Waals surface area (Å²) in [5.74, 6) is 0. The lowest BCUT2D eigenvalue weighted by Crippen LogP contribution is -1.94. The Hall–Kier alpha value is -1.35. The van der Waals surface area contributed by atoms with E-state index < -0.39 is 0 Å². The molecule has 1 aromatic heterocycles. The predicted octanol–water partition coefficient (Wildman–Crippen LogP) is 3.48. The molecule has 0 N–H and O–H groups in total. The summed E-state index contributed by atoms with van der Waals surface area (Å²) >= 11 is 1.58. The molecule has 0 atom stereocenters. The largest absolute Gasteiger partial charge is 0.228 e. The summed E-state index contributed by atoms with van der Waals surface area (Å²) in [6.07, 6.45) is 2.00. The fraction of sp³-hybridized carbons (Fsp3) is 0.231. The Bertz CT molecular complexity index is 509. The van der Waals surface area contributed by atoms with Gasteiger partial charge in [0, 0.05) is 11.3 Å². The first-order valence-corrected chi connectivity index (χ1v) is 6.39. The number of nitrogens with zero attached hydrogens (tertiary/aromatic N) is 2. The van der Waals surface area contributed by atoms with E-state index in [-0.39, 0.29) is 0 Å². The molecule has 0 aliphatic carbocycles. The fourth-order valence-corrected chi connectivity index (χ4v) is 2.06. The van der Waals surface area contributed by atoms with Crippen LogP contribution in [0, 0.1) is 13.8 Å². The van der Waals surface area contributed by atoms with Gasteiger partial charge in [-0.05, 0) is 31.7 Å². The van der Waals surface area contributed by atoms with Gasteiger partial charge >= 0.3 is 0 Å². The summed E-state index contributed by atoms with van der Waals surface area (Å²) in [5.41, 5.74) is 4.45. The van der Waals surface area contributed by atoms with Gasteiger partial charge in [0.15, 0.2) is 5.16 Å². The Balaban J connectivity index is 2.56. The molecule has 0 bridgehead atoms. The second-order valence-corrected chi connectivity index (χ2v) is 4.47. The quantitative estimate of drug-likeness (QED) is 0.583. The van der Waals surface area contributed by atoms with Gasteiger partial charge in [0.25, 0.3) is 0 Å². The average Bonchev–Trinajstić information content (AvgIpc) is 2.28. The summed E-state index contributed by atoms with van der Waals surface area (Å²) in [5, 5.41) is 0.832. The second kappa shape index (κ2) is 4.66. The first kappa shape index (κ1) is 11.1. The van der Waals surface area contributed by atoms with Crippen molar-refractivity contribution in [2.45, 2.75) is 19.0 Å². The van der Waals surface area contributed by atoms with Gasteiger partial charge in [-0.3, -0.25) is 0 Å². The molecule has 0 saturated carbocycles. The lowest BCUT2D eigenvalue weighted by Gasteiger charge is -2.06. The van der Waals surface area contributed by atoms with Crippen molar-refractivity contribution in [2.24, 2.45) is 0 Å². The van der Waals surface area contributed by atoms with Gasteiger partial charge in [0.1, 0.15) is 0 Å². The van der Waals surface area contributed by atoms with E-state index >= 15 is 0 Å². The van der Waals surface area contributed by atoms with Crippen molar-refractivity contribution in [3.63, 3.8) is 0 Å². The molecule has 2 nitrogen and oxygen atoms in total. The van der Waals surface area contributed by atoms with E-state index in [1.807, 2.05) is 31.4 Å². The summed E-state index contributed by atoms with van der Waals surface area (Å²) in [6.45, 7) is 4.11. The summed E-state index contributed by atoms with van der Waals surface area (Å²) in [6, 6.07) is 10.3.